The first kappa shape index (κ1) is 17.3. The number of carboxylic acids is 1. The Bertz CT molecular complexity index is 478. The minimum atomic E-state index is -0.644. The van der Waals surface area contributed by atoms with Crippen LogP contribution in [0.1, 0.15) is 57.6 Å². The summed E-state index contributed by atoms with van der Waals surface area (Å²) in [5, 5.41) is 13.6. The molecule has 0 spiro atoms. The molecule has 1 aliphatic rings. The quantitative estimate of drug-likeness (QED) is 0.800. The Labute approximate surface area is 138 Å². The van der Waals surface area contributed by atoms with Crippen molar-refractivity contribution in [1.29, 1.82) is 0 Å². The van der Waals surface area contributed by atoms with Crippen molar-refractivity contribution in [1.82, 2.24) is 5.32 Å². The second kappa shape index (κ2) is 7.98. The minimum Gasteiger partial charge on any atom is -0.481 e. The molecule has 4 heteroatoms. The number of hydrogen-bond donors (Lipinski definition) is 2. The van der Waals surface area contributed by atoms with E-state index in [9.17, 15) is 4.79 Å². The highest BCUT2D eigenvalue weighted by Crippen LogP contribution is 2.29. The molecule has 0 radical (unpaired) electrons. The molecule has 1 unspecified atom stereocenters. The molecule has 0 aromatic heterocycles. The van der Waals surface area contributed by atoms with Crippen LogP contribution in [0.2, 0.25) is 5.02 Å². The maximum Gasteiger partial charge on any atom is 0.306 e. The standard InChI is InChI=1S/C18H26ClNO2/c1-12(2)11-17(13-3-7-15(19)8-4-13)20-16-9-5-14(6-10-16)18(21)22/h3-4,7-8,12,14,16-17,20H,5-6,9-11H2,1-2H3,(H,21,22). The van der Waals surface area contributed by atoms with E-state index in [-0.39, 0.29) is 5.92 Å². The van der Waals surface area contributed by atoms with E-state index >= 15 is 0 Å². The highest BCUT2D eigenvalue weighted by molar-refractivity contribution is 6.30. The Balaban J connectivity index is 1.98. The van der Waals surface area contributed by atoms with Crippen molar-refractivity contribution in [3.05, 3.63) is 34.9 Å². The zero-order valence-corrected chi connectivity index (χ0v) is 14.1. The monoisotopic (exact) mass is 323 g/mol. The maximum absolute atomic E-state index is 11.0. The van der Waals surface area contributed by atoms with Gasteiger partial charge in [-0.2, -0.15) is 0 Å². The van der Waals surface area contributed by atoms with Crippen LogP contribution in [0, 0.1) is 11.8 Å². The molecule has 2 rings (SSSR count). The van der Waals surface area contributed by atoms with Crippen LogP contribution in [0.25, 0.3) is 0 Å². The lowest BCUT2D eigenvalue weighted by atomic mass is 9.85. The third-order valence-electron chi connectivity index (χ3n) is 4.49. The Morgan fingerprint density at radius 2 is 1.82 bits per heavy atom. The van der Waals surface area contributed by atoms with Gasteiger partial charge < -0.3 is 10.4 Å². The summed E-state index contributed by atoms with van der Waals surface area (Å²) >= 11 is 5.98. The normalized spacial score (nSPS) is 23.5. The summed E-state index contributed by atoms with van der Waals surface area (Å²) < 4.78 is 0. The molecule has 2 N–H and O–H groups in total. The average molecular weight is 324 g/mol. The number of carbonyl (C=O) groups is 1. The number of nitrogens with one attached hydrogen (secondary N) is 1. The van der Waals surface area contributed by atoms with Crippen LogP contribution < -0.4 is 5.32 Å². The average Bonchev–Trinajstić information content (AvgIpc) is 2.47. The number of benzene rings is 1. The molecular weight excluding hydrogens is 298 g/mol. The van der Waals surface area contributed by atoms with Gasteiger partial charge in [0.25, 0.3) is 0 Å². The molecule has 0 heterocycles. The van der Waals surface area contributed by atoms with Crippen molar-refractivity contribution >= 4 is 17.6 Å². The highest BCUT2D eigenvalue weighted by atomic mass is 35.5. The Hall–Kier alpha value is -1.06. The highest BCUT2D eigenvalue weighted by Gasteiger charge is 2.27. The molecule has 1 aromatic rings. The van der Waals surface area contributed by atoms with E-state index in [2.05, 4.69) is 31.3 Å². The zero-order chi connectivity index (χ0) is 16.1. The molecule has 1 aromatic carbocycles. The van der Waals surface area contributed by atoms with Crippen molar-refractivity contribution in [2.45, 2.75) is 58.0 Å². The van der Waals surface area contributed by atoms with Gasteiger partial charge in [0.2, 0.25) is 0 Å². The molecule has 0 amide bonds. The summed E-state index contributed by atoms with van der Waals surface area (Å²) in [5.41, 5.74) is 1.26. The van der Waals surface area contributed by atoms with Gasteiger partial charge in [0, 0.05) is 17.1 Å². The SMILES string of the molecule is CC(C)CC(NC1CCC(C(=O)O)CC1)c1ccc(Cl)cc1. The fraction of sp³-hybridized carbons (Fsp3) is 0.611. The molecule has 122 valence electrons. The van der Waals surface area contributed by atoms with E-state index in [1.54, 1.807) is 0 Å². The Morgan fingerprint density at radius 3 is 2.32 bits per heavy atom. The Kier molecular flexibility index (Phi) is 6.27. The smallest absolute Gasteiger partial charge is 0.306 e. The van der Waals surface area contributed by atoms with E-state index < -0.39 is 5.97 Å². The van der Waals surface area contributed by atoms with Crippen LogP contribution in [-0.4, -0.2) is 17.1 Å². The van der Waals surface area contributed by atoms with Gasteiger partial charge in [-0.1, -0.05) is 37.6 Å². The summed E-state index contributed by atoms with van der Waals surface area (Å²) in [5.74, 6) is -0.199. The first-order valence-corrected chi connectivity index (χ1v) is 8.57. The van der Waals surface area contributed by atoms with E-state index in [0.29, 0.717) is 18.0 Å². The van der Waals surface area contributed by atoms with E-state index in [4.69, 9.17) is 16.7 Å². The largest absolute Gasteiger partial charge is 0.481 e. The van der Waals surface area contributed by atoms with Crippen LogP contribution in [0.5, 0.6) is 0 Å². The Morgan fingerprint density at radius 1 is 1.23 bits per heavy atom. The number of halogens is 1. The van der Waals surface area contributed by atoms with Crippen LogP contribution in [-0.2, 0) is 4.79 Å². The predicted molar refractivity (Wildman–Crippen MR) is 90.2 cm³/mol. The van der Waals surface area contributed by atoms with Gasteiger partial charge in [0.1, 0.15) is 0 Å². The molecule has 0 aliphatic heterocycles. The van der Waals surface area contributed by atoms with Crippen LogP contribution in [0.3, 0.4) is 0 Å². The minimum absolute atomic E-state index is 0.155. The lowest BCUT2D eigenvalue weighted by molar-refractivity contribution is -0.142. The summed E-state index contributed by atoms with van der Waals surface area (Å²) in [6.07, 6.45) is 4.52. The van der Waals surface area contributed by atoms with E-state index in [1.165, 1.54) is 5.56 Å². The van der Waals surface area contributed by atoms with Crippen molar-refractivity contribution in [2.75, 3.05) is 0 Å². The lowest BCUT2D eigenvalue weighted by Crippen LogP contribution is -2.37. The van der Waals surface area contributed by atoms with Gasteiger partial charge >= 0.3 is 5.97 Å². The number of aliphatic carboxylic acids is 1. The van der Waals surface area contributed by atoms with E-state index in [0.717, 1.165) is 37.1 Å². The van der Waals surface area contributed by atoms with Crippen LogP contribution in [0.4, 0.5) is 0 Å². The summed E-state index contributed by atoms with van der Waals surface area (Å²) in [4.78, 5) is 11.0. The molecule has 3 nitrogen and oxygen atoms in total. The van der Waals surface area contributed by atoms with Gasteiger partial charge in [-0.15, -0.1) is 0 Å². The molecule has 22 heavy (non-hydrogen) atoms. The van der Waals surface area contributed by atoms with Gasteiger partial charge in [-0.25, -0.2) is 0 Å². The van der Waals surface area contributed by atoms with Crippen molar-refractivity contribution in [3.63, 3.8) is 0 Å². The molecule has 1 saturated carbocycles. The second-order valence-corrected chi connectivity index (χ2v) is 7.22. The fourth-order valence-electron chi connectivity index (χ4n) is 3.26. The van der Waals surface area contributed by atoms with Crippen molar-refractivity contribution in [2.24, 2.45) is 11.8 Å². The molecular formula is C18H26ClNO2. The topological polar surface area (TPSA) is 49.3 Å². The van der Waals surface area contributed by atoms with Gasteiger partial charge in [0.15, 0.2) is 0 Å². The molecule has 0 saturated heterocycles. The summed E-state index contributed by atoms with van der Waals surface area (Å²) in [6.45, 7) is 4.46. The third kappa shape index (κ3) is 4.99. The number of carboxylic acid groups (broad SMARTS) is 1. The van der Waals surface area contributed by atoms with E-state index in [1.807, 2.05) is 12.1 Å². The number of rotatable bonds is 6. The van der Waals surface area contributed by atoms with Crippen molar-refractivity contribution < 1.29 is 9.90 Å². The molecule has 1 fully saturated rings. The van der Waals surface area contributed by atoms with Gasteiger partial charge in [-0.05, 0) is 55.7 Å². The summed E-state index contributed by atoms with van der Waals surface area (Å²) in [7, 11) is 0. The second-order valence-electron chi connectivity index (χ2n) is 6.79. The molecule has 1 aliphatic carbocycles. The first-order chi connectivity index (χ1) is 10.5. The zero-order valence-electron chi connectivity index (χ0n) is 13.4. The summed E-state index contributed by atoms with van der Waals surface area (Å²) in [6, 6.07) is 8.77. The third-order valence-corrected chi connectivity index (χ3v) is 4.74. The van der Waals surface area contributed by atoms with Crippen LogP contribution in [0.15, 0.2) is 24.3 Å². The van der Waals surface area contributed by atoms with Gasteiger partial charge in [-0.3, -0.25) is 4.79 Å². The lowest BCUT2D eigenvalue weighted by Gasteiger charge is -2.32. The van der Waals surface area contributed by atoms with Gasteiger partial charge in [0.05, 0.1) is 5.92 Å². The molecule has 0 bridgehead atoms. The maximum atomic E-state index is 11.0. The fourth-order valence-corrected chi connectivity index (χ4v) is 3.38. The first-order valence-electron chi connectivity index (χ1n) is 8.20. The van der Waals surface area contributed by atoms with Crippen molar-refractivity contribution in [3.8, 4) is 0 Å². The number of hydrogen-bond acceptors (Lipinski definition) is 2. The molecule has 1 atom stereocenters. The van der Waals surface area contributed by atoms with Crippen LogP contribution >= 0.6 is 11.6 Å². The predicted octanol–water partition coefficient (Wildman–Crippen LogP) is 4.66.